The number of hydrogen-bond donors (Lipinski definition) is 1. The van der Waals surface area contributed by atoms with Crippen LogP contribution in [-0.4, -0.2) is 9.91 Å². The van der Waals surface area contributed by atoms with Crippen molar-refractivity contribution in [1.82, 2.24) is 4.98 Å². The lowest BCUT2D eigenvalue weighted by atomic mass is 10.1. The van der Waals surface area contributed by atoms with Crippen molar-refractivity contribution >= 4 is 11.5 Å². The number of ether oxygens (including phenoxy) is 1. The summed E-state index contributed by atoms with van der Waals surface area (Å²) in [4.78, 5) is 14.2. The van der Waals surface area contributed by atoms with Crippen LogP contribution in [0, 0.1) is 10.1 Å². The normalized spacial score (nSPS) is 10.6. The Bertz CT molecular complexity index is 817. The number of nitrogens with zero attached hydrogens (tertiary/aromatic N) is 2. The number of pyridine rings is 1. The van der Waals surface area contributed by atoms with Gasteiger partial charge in [0.05, 0.1) is 17.8 Å². The maximum atomic E-state index is 10.6. The van der Waals surface area contributed by atoms with Gasteiger partial charge in [-0.25, -0.2) is 4.98 Å². The Balaban J connectivity index is 1.51. The second kappa shape index (κ2) is 8.07. The number of nitrogens with one attached hydrogen (secondary N) is 1. The van der Waals surface area contributed by atoms with Crippen molar-refractivity contribution in [1.29, 1.82) is 0 Å². The van der Waals surface area contributed by atoms with E-state index in [1.165, 1.54) is 12.3 Å². The van der Waals surface area contributed by atoms with Crippen molar-refractivity contribution in [2.24, 2.45) is 0 Å². The maximum Gasteiger partial charge on any atom is 0.287 e. The molecule has 0 saturated carbocycles. The zero-order valence-corrected chi connectivity index (χ0v) is 13.4. The second-order valence-corrected chi connectivity index (χ2v) is 5.40. The number of rotatable bonds is 8. The first-order valence-corrected chi connectivity index (χ1v) is 7.73. The fourth-order valence-corrected chi connectivity index (χ4v) is 2.28. The average Bonchev–Trinajstić information content (AvgIpc) is 3.14. The summed E-state index contributed by atoms with van der Waals surface area (Å²) in [7, 11) is 0. The molecule has 2 heterocycles. The van der Waals surface area contributed by atoms with Gasteiger partial charge >= 0.3 is 0 Å². The lowest BCUT2D eigenvalue weighted by Crippen LogP contribution is -2.02. The third kappa shape index (κ3) is 4.89. The van der Waals surface area contributed by atoms with Crippen molar-refractivity contribution in [3.8, 4) is 0 Å². The Morgan fingerprint density at radius 3 is 2.72 bits per heavy atom. The highest BCUT2D eigenvalue weighted by Gasteiger charge is 2.05. The summed E-state index contributed by atoms with van der Waals surface area (Å²) in [5, 5.41) is 13.8. The number of benzene rings is 1. The first-order valence-electron chi connectivity index (χ1n) is 7.73. The lowest BCUT2D eigenvalue weighted by molar-refractivity contribution is -0.385. The van der Waals surface area contributed by atoms with Crippen LogP contribution in [0.15, 0.2) is 65.4 Å². The fourth-order valence-electron chi connectivity index (χ4n) is 2.28. The van der Waals surface area contributed by atoms with E-state index in [-0.39, 0.29) is 5.69 Å². The molecule has 3 aromatic rings. The molecule has 0 spiro atoms. The standard InChI is InChI=1S/C18H17N3O4/c22-21(23)16-6-7-18(20-11-16)19-10-14-3-1-4-15(9-14)12-24-13-17-5-2-8-25-17/h1-9,11H,10,12-13H2,(H,19,20). The molecule has 0 fully saturated rings. The van der Waals surface area contributed by atoms with Gasteiger partial charge in [-0.1, -0.05) is 24.3 Å². The molecule has 1 N–H and O–H groups in total. The van der Waals surface area contributed by atoms with Crippen LogP contribution in [0.25, 0.3) is 0 Å². The van der Waals surface area contributed by atoms with E-state index in [0.717, 1.165) is 16.9 Å². The number of furan rings is 1. The van der Waals surface area contributed by atoms with Gasteiger partial charge in [0.2, 0.25) is 0 Å². The Labute approximate surface area is 144 Å². The monoisotopic (exact) mass is 339 g/mol. The summed E-state index contributed by atoms with van der Waals surface area (Å²) in [6.45, 7) is 1.49. The fraction of sp³-hybridized carbons (Fsp3) is 0.167. The van der Waals surface area contributed by atoms with E-state index < -0.39 is 4.92 Å². The second-order valence-electron chi connectivity index (χ2n) is 5.40. The van der Waals surface area contributed by atoms with Crippen LogP contribution in [-0.2, 0) is 24.5 Å². The maximum absolute atomic E-state index is 10.6. The minimum atomic E-state index is -0.469. The highest BCUT2D eigenvalue weighted by atomic mass is 16.6. The molecule has 0 aliphatic carbocycles. The van der Waals surface area contributed by atoms with E-state index in [9.17, 15) is 10.1 Å². The van der Waals surface area contributed by atoms with E-state index in [0.29, 0.717) is 25.6 Å². The van der Waals surface area contributed by atoms with Crippen LogP contribution >= 0.6 is 0 Å². The largest absolute Gasteiger partial charge is 0.467 e. The summed E-state index contributed by atoms with van der Waals surface area (Å²) in [6.07, 6.45) is 2.86. The topological polar surface area (TPSA) is 90.4 Å². The molecule has 1 aromatic carbocycles. The minimum absolute atomic E-state index is 0.0266. The summed E-state index contributed by atoms with van der Waals surface area (Å²) in [5.74, 6) is 1.38. The quantitative estimate of drug-likeness (QED) is 0.494. The highest BCUT2D eigenvalue weighted by molar-refractivity contribution is 5.41. The Morgan fingerprint density at radius 2 is 2.00 bits per heavy atom. The van der Waals surface area contributed by atoms with Gasteiger partial charge in [-0.3, -0.25) is 10.1 Å². The molecule has 25 heavy (non-hydrogen) atoms. The van der Waals surface area contributed by atoms with Gasteiger partial charge in [-0.2, -0.15) is 0 Å². The summed E-state index contributed by atoms with van der Waals surface area (Å²) in [6, 6.07) is 14.7. The number of hydrogen-bond acceptors (Lipinski definition) is 6. The molecular weight excluding hydrogens is 322 g/mol. The molecule has 2 aromatic heterocycles. The van der Waals surface area contributed by atoms with Crippen LogP contribution in [0.5, 0.6) is 0 Å². The van der Waals surface area contributed by atoms with Crippen molar-refractivity contribution in [3.63, 3.8) is 0 Å². The van der Waals surface area contributed by atoms with Gasteiger partial charge in [0, 0.05) is 12.6 Å². The lowest BCUT2D eigenvalue weighted by Gasteiger charge is -2.08. The van der Waals surface area contributed by atoms with Crippen molar-refractivity contribution < 1.29 is 14.1 Å². The highest BCUT2D eigenvalue weighted by Crippen LogP contribution is 2.14. The Kier molecular flexibility index (Phi) is 5.38. The van der Waals surface area contributed by atoms with Gasteiger partial charge in [0.25, 0.3) is 5.69 Å². The van der Waals surface area contributed by atoms with Gasteiger partial charge in [0.15, 0.2) is 0 Å². The van der Waals surface area contributed by atoms with Gasteiger partial charge in [-0.05, 0) is 29.3 Å². The first kappa shape index (κ1) is 16.7. The first-order chi connectivity index (χ1) is 12.2. The molecule has 0 saturated heterocycles. The third-order valence-corrected chi connectivity index (χ3v) is 3.52. The van der Waals surface area contributed by atoms with E-state index in [1.54, 1.807) is 12.3 Å². The molecule has 0 atom stereocenters. The van der Waals surface area contributed by atoms with Crippen LogP contribution in [0.1, 0.15) is 16.9 Å². The predicted molar refractivity (Wildman–Crippen MR) is 91.9 cm³/mol. The predicted octanol–water partition coefficient (Wildman–Crippen LogP) is 3.91. The van der Waals surface area contributed by atoms with Gasteiger partial charge < -0.3 is 14.5 Å². The molecular formula is C18H17N3O4. The molecule has 128 valence electrons. The molecule has 3 rings (SSSR count). The molecule has 0 radical (unpaired) electrons. The third-order valence-electron chi connectivity index (χ3n) is 3.52. The summed E-state index contributed by atoms with van der Waals surface area (Å²) in [5.41, 5.74) is 2.10. The molecule has 7 heteroatoms. The van der Waals surface area contributed by atoms with Gasteiger partial charge in [0.1, 0.15) is 24.4 Å². The van der Waals surface area contributed by atoms with Gasteiger partial charge in [-0.15, -0.1) is 0 Å². The Hall–Kier alpha value is -3.19. The van der Waals surface area contributed by atoms with E-state index in [2.05, 4.69) is 10.3 Å². The SMILES string of the molecule is O=[N+]([O-])c1ccc(NCc2cccc(COCc3ccco3)c2)nc1. The molecule has 0 bridgehead atoms. The zero-order chi connectivity index (χ0) is 17.5. The zero-order valence-electron chi connectivity index (χ0n) is 13.4. The van der Waals surface area contributed by atoms with E-state index in [4.69, 9.17) is 9.15 Å². The molecule has 0 aliphatic rings. The number of anilines is 1. The summed E-state index contributed by atoms with van der Waals surface area (Å²) >= 11 is 0. The number of aromatic nitrogens is 1. The molecule has 7 nitrogen and oxygen atoms in total. The van der Waals surface area contributed by atoms with Crippen LogP contribution in [0.2, 0.25) is 0 Å². The average molecular weight is 339 g/mol. The van der Waals surface area contributed by atoms with Crippen LogP contribution in [0.4, 0.5) is 11.5 Å². The Morgan fingerprint density at radius 1 is 1.12 bits per heavy atom. The number of nitro groups is 1. The molecule has 0 unspecified atom stereocenters. The van der Waals surface area contributed by atoms with E-state index in [1.807, 2.05) is 36.4 Å². The van der Waals surface area contributed by atoms with Crippen molar-refractivity contribution in [2.75, 3.05) is 5.32 Å². The van der Waals surface area contributed by atoms with Crippen LogP contribution < -0.4 is 5.32 Å². The molecule has 0 aliphatic heterocycles. The summed E-state index contributed by atoms with van der Waals surface area (Å²) < 4.78 is 10.8. The van der Waals surface area contributed by atoms with Crippen molar-refractivity contribution in [3.05, 3.63) is 88.0 Å². The van der Waals surface area contributed by atoms with E-state index >= 15 is 0 Å². The molecule has 0 amide bonds. The van der Waals surface area contributed by atoms with Crippen LogP contribution in [0.3, 0.4) is 0 Å². The smallest absolute Gasteiger partial charge is 0.287 e. The minimum Gasteiger partial charge on any atom is -0.467 e. The van der Waals surface area contributed by atoms with Crippen molar-refractivity contribution in [2.45, 2.75) is 19.8 Å².